The van der Waals surface area contributed by atoms with Crippen molar-refractivity contribution in [2.75, 3.05) is 4.90 Å². The fourth-order valence-electron chi connectivity index (χ4n) is 1.75. The first-order chi connectivity index (χ1) is 8.38. The summed E-state index contributed by atoms with van der Waals surface area (Å²) in [5.74, 6) is 0.183. The Labute approximate surface area is 107 Å². The van der Waals surface area contributed by atoms with Crippen molar-refractivity contribution in [1.82, 2.24) is 0 Å². The van der Waals surface area contributed by atoms with E-state index in [-0.39, 0.29) is 23.5 Å². The molecule has 0 bridgehead atoms. The molecule has 18 heavy (non-hydrogen) atoms. The molecule has 0 radical (unpaired) electrons. The summed E-state index contributed by atoms with van der Waals surface area (Å²) in [4.78, 5) is 13.8. The Bertz CT molecular complexity index is 429. The number of phenolic OH excluding ortho intramolecular Hbond substituents is 1. The van der Waals surface area contributed by atoms with Gasteiger partial charge in [0.05, 0.1) is 0 Å². The number of amides is 1. The van der Waals surface area contributed by atoms with Crippen LogP contribution in [0.3, 0.4) is 0 Å². The summed E-state index contributed by atoms with van der Waals surface area (Å²) >= 11 is 0. The van der Waals surface area contributed by atoms with Crippen LogP contribution in [-0.4, -0.2) is 22.8 Å². The van der Waals surface area contributed by atoms with E-state index in [4.69, 9.17) is 4.74 Å². The van der Waals surface area contributed by atoms with Gasteiger partial charge in [-0.1, -0.05) is 0 Å². The zero-order valence-electron chi connectivity index (χ0n) is 11.0. The van der Waals surface area contributed by atoms with Crippen LogP contribution >= 0.6 is 0 Å². The van der Waals surface area contributed by atoms with E-state index in [0.717, 1.165) is 18.5 Å². The molecule has 98 valence electrons. The van der Waals surface area contributed by atoms with Gasteiger partial charge in [-0.2, -0.15) is 0 Å². The van der Waals surface area contributed by atoms with Gasteiger partial charge in [-0.05, 0) is 57.9 Å². The molecule has 1 saturated carbocycles. The monoisotopic (exact) mass is 249 g/mol. The number of nitrogens with zero attached hydrogens (tertiary/aromatic N) is 1. The predicted octanol–water partition coefficient (Wildman–Crippen LogP) is 3.30. The summed E-state index contributed by atoms with van der Waals surface area (Å²) in [5, 5.41) is 9.30. The van der Waals surface area contributed by atoms with Crippen molar-refractivity contribution in [2.24, 2.45) is 0 Å². The Morgan fingerprint density at radius 2 is 1.83 bits per heavy atom. The van der Waals surface area contributed by atoms with Crippen LogP contribution < -0.4 is 4.90 Å². The Morgan fingerprint density at radius 3 is 2.28 bits per heavy atom. The Morgan fingerprint density at radius 1 is 1.28 bits per heavy atom. The molecule has 4 nitrogen and oxygen atoms in total. The summed E-state index contributed by atoms with van der Waals surface area (Å²) in [6, 6.07) is 6.57. The molecule has 0 unspecified atom stereocenters. The quantitative estimate of drug-likeness (QED) is 0.874. The number of phenols is 1. The van der Waals surface area contributed by atoms with E-state index in [1.807, 2.05) is 20.8 Å². The third-order valence-corrected chi connectivity index (χ3v) is 2.75. The lowest BCUT2D eigenvalue weighted by Crippen LogP contribution is -2.46. The topological polar surface area (TPSA) is 49.8 Å². The fraction of sp³-hybridized carbons (Fsp3) is 0.500. The van der Waals surface area contributed by atoms with E-state index in [1.54, 1.807) is 29.2 Å². The zero-order chi connectivity index (χ0) is 13.3. The largest absolute Gasteiger partial charge is 0.508 e. The lowest BCUT2D eigenvalue weighted by atomic mass is 10.1. The van der Waals surface area contributed by atoms with Gasteiger partial charge < -0.3 is 9.84 Å². The molecular formula is C14H19NO3. The van der Waals surface area contributed by atoms with E-state index in [9.17, 15) is 9.90 Å². The number of anilines is 1. The molecule has 0 aliphatic heterocycles. The smallest absolute Gasteiger partial charge is 0.415 e. The molecular weight excluding hydrogens is 230 g/mol. The number of carbonyl (C=O) groups is 1. The standard InChI is InChI=1S/C14H19NO3/c1-14(2,3)15(13(17)18-12-8-9-12)10-4-6-11(16)7-5-10/h4-7,12,16H,8-9H2,1-3H3. The van der Waals surface area contributed by atoms with Gasteiger partial charge in [0.1, 0.15) is 11.9 Å². The van der Waals surface area contributed by atoms with Gasteiger partial charge in [-0.15, -0.1) is 0 Å². The molecule has 4 heteroatoms. The molecule has 1 aliphatic carbocycles. The predicted molar refractivity (Wildman–Crippen MR) is 69.8 cm³/mol. The SMILES string of the molecule is CC(C)(C)N(C(=O)OC1CC1)c1ccc(O)cc1. The highest BCUT2D eigenvalue weighted by atomic mass is 16.6. The van der Waals surface area contributed by atoms with Crippen LogP contribution in [0.2, 0.25) is 0 Å². The molecule has 1 N–H and O–H groups in total. The first-order valence-corrected chi connectivity index (χ1v) is 6.18. The van der Waals surface area contributed by atoms with Crippen molar-refractivity contribution in [1.29, 1.82) is 0 Å². The van der Waals surface area contributed by atoms with Crippen LogP contribution in [0.5, 0.6) is 5.75 Å². The van der Waals surface area contributed by atoms with Crippen LogP contribution in [0.4, 0.5) is 10.5 Å². The van der Waals surface area contributed by atoms with E-state index < -0.39 is 0 Å². The van der Waals surface area contributed by atoms with Gasteiger partial charge in [0.2, 0.25) is 0 Å². The fourth-order valence-corrected chi connectivity index (χ4v) is 1.75. The molecule has 1 aliphatic rings. The van der Waals surface area contributed by atoms with Crippen molar-refractivity contribution in [3.8, 4) is 5.75 Å². The Hall–Kier alpha value is -1.71. The second-order valence-corrected chi connectivity index (χ2v) is 5.61. The maximum Gasteiger partial charge on any atom is 0.415 e. The van der Waals surface area contributed by atoms with Crippen molar-refractivity contribution in [3.63, 3.8) is 0 Å². The lowest BCUT2D eigenvalue weighted by Gasteiger charge is -2.34. The number of hydrogen-bond donors (Lipinski definition) is 1. The van der Waals surface area contributed by atoms with E-state index in [1.165, 1.54) is 0 Å². The highest BCUT2D eigenvalue weighted by Gasteiger charge is 2.34. The van der Waals surface area contributed by atoms with Gasteiger partial charge in [0.25, 0.3) is 0 Å². The Balaban J connectivity index is 2.23. The molecule has 1 aromatic carbocycles. The number of hydrogen-bond acceptors (Lipinski definition) is 3. The summed E-state index contributed by atoms with van der Waals surface area (Å²) in [7, 11) is 0. The minimum absolute atomic E-state index is 0.0828. The van der Waals surface area contributed by atoms with Gasteiger partial charge in [0, 0.05) is 11.2 Å². The number of rotatable bonds is 2. The number of carbonyl (C=O) groups excluding carboxylic acids is 1. The van der Waals surface area contributed by atoms with Crippen LogP contribution in [0.25, 0.3) is 0 Å². The minimum Gasteiger partial charge on any atom is -0.508 e. The first-order valence-electron chi connectivity index (χ1n) is 6.18. The van der Waals surface area contributed by atoms with E-state index in [2.05, 4.69) is 0 Å². The summed E-state index contributed by atoms with van der Waals surface area (Å²) < 4.78 is 5.36. The maximum atomic E-state index is 12.2. The molecule has 0 atom stereocenters. The van der Waals surface area contributed by atoms with Gasteiger partial charge in [-0.25, -0.2) is 4.79 Å². The average molecular weight is 249 g/mol. The second-order valence-electron chi connectivity index (χ2n) is 5.61. The van der Waals surface area contributed by atoms with Gasteiger partial charge in [0.15, 0.2) is 0 Å². The van der Waals surface area contributed by atoms with Crippen molar-refractivity contribution >= 4 is 11.8 Å². The van der Waals surface area contributed by atoms with Gasteiger partial charge >= 0.3 is 6.09 Å². The molecule has 1 aromatic rings. The summed E-state index contributed by atoms with van der Waals surface area (Å²) in [5.41, 5.74) is 0.356. The average Bonchev–Trinajstić information content (AvgIpc) is 3.03. The van der Waals surface area contributed by atoms with E-state index >= 15 is 0 Å². The van der Waals surface area contributed by atoms with Crippen molar-refractivity contribution in [3.05, 3.63) is 24.3 Å². The second kappa shape index (κ2) is 4.52. The number of aromatic hydroxyl groups is 1. The van der Waals surface area contributed by atoms with Crippen LogP contribution in [-0.2, 0) is 4.74 Å². The molecule has 2 rings (SSSR count). The molecule has 1 amide bonds. The molecule has 0 heterocycles. The molecule has 1 fully saturated rings. The first kappa shape index (κ1) is 12.7. The molecule has 0 saturated heterocycles. The normalized spacial score (nSPS) is 15.3. The van der Waals surface area contributed by atoms with Crippen LogP contribution in [0.15, 0.2) is 24.3 Å². The van der Waals surface area contributed by atoms with Crippen molar-refractivity contribution < 1.29 is 14.6 Å². The molecule has 0 aromatic heterocycles. The van der Waals surface area contributed by atoms with E-state index in [0.29, 0.717) is 0 Å². The van der Waals surface area contributed by atoms with Gasteiger partial charge in [-0.3, -0.25) is 4.90 Å². The maximum absolute atomic E-state index is 12.2. The Kier molecular flexibility index (Phi) is 3.20. The third kappa shape index (κ3) is 2.94. The minimum atomic E-state index is -0.372. The zero-order valence-corrected chi connectivity index (χ0v) is 11.0. The summed E-state index contributed by atoms with van der Waals surface area (Å²) in [6.45, 7) is 5.86. The summed E-state index contributed by atoms with van der Waals surface area (Å²) in [6.07, 6.45) is 1.67. The third-order valence-electron chi connectivity index (χ3n) is 2.75. The molecule has 0 spiro atoms. The van der Waals surface area contributed by atoms with Crippen molar-refractivity contribution in [2.45, 2.75) is 45.3 Å². The number of benzene rings is 1. The van der Waals surface area contributed by atoms with Crippen LogP contribution in [0, 0.1) is 0 Å². The lowest BCUT2D eigenvalue weighted by molar-refractivity contribution is 0.141. The number of ether oxygens (including phenoxy) is 1. The highest BCUT2D eigenvalue weighted by Crippen LogP contribution is 2.30. The highest BCUT2D eigenvalue weighted by molar-refractivity contribution is 5.89. The van der Waals surface area contributed by atoms with Crippen LogP contribution in [0.1, 0.15) is 33.6 Å².